The van der Waals surface area contributed by atoms with Crippen molar-refractivity contribution in [1.82, 2.24) is 9.55 Å². The lowest BCUT2D eigenvalue weighted by Crippen LogP contribution is -2.34. The standard InChI is InChI=1S/C17H16F2N2O4S2/c1-17(27-26,16(24)25)15-20-7-13(14(22)23)21(15)10-2-3-11-8(5-10)4-9(18)6-12(11)19/h4,6-7,10,26H,2-3,5H2,1H3,(H,22,23)(H,24,25). The fraction of sp³-hybridized carbons (Fsp3) is 0.353. The number of imidazole rings is 1. The van der Waals surface area contributed by atoms with Crippen LogP contribution >= 0.6 is 22.5 Å². The van der Waals surface area contributed by atoms with Crippen LogP contribution in [0.4, 0.5) is 8.78 Å². The van der Waals surface area contributed by atoms with Gasteiger partial charge in [-0.3, -0.25) is 4.79 Å². The van der Waals surface area contributed by atoms with Crippen LogP contribution in [-0.2, 0) is 22.4 Å². The molecule has 2 aromatic rings. The fourth-order valence-corrected chi connectivity index (χ4v) is 4.21. The summed E-state index contributed by atoms with van der Waals surface area (Å²) in [6.45, 7) is 1.38. The van der Waals surface area contributed by atoms with Crippen LogP contribution in [0.5, 0.6) is 0 Å². The summed E-state index contributed by atoms with van der Waals surface area (Å²) < 4.78 is 27.4. The Balaban J connectivity index is 2.12. The number of carboxylic acids is 2. The van der Waals surface area contributed by atoms with Gasteiger partial charge in [0.15, 0.2) is 4.75 Å². The number of carbonyl (C=O) groups is 2. The molecule has 1 aromatic heterocycles. The molecule has 10 heteroatoms. The number of nitrogens with zero attached hydrogens (tertiary/aromatic N) is 2. The van der Waals surface area contributed by atoms with E-state index in [1.807, 2.05) is 0 Å². The van der Waals surface area contributed by atoms with Crippen molar-refractivity contribution in [3.63, 3.8) is 0 Å². The molecule has 2 atom stereocenters. The average Bonchev–Trinajstić information content (AvgIpc) is 3.05. The van der Waals surface area contributed by atoms with Crippen molar-refractivity contribution in [3.8, 4) is 0 Å². The number of hydrogen-bond acceptors (Lipinski definition) is 5. The molecule has 27 heavy (non-hydrogen) atoms. The first kappa shape index (κ1) is 19.7. The Hall–Kier alpha value is -2.07. The highest BCUT2D eigenvalue weighted by Crippen LogP contribution is 2.41. The molecule has 1 aliphatic rings. The Bertz CT molecular complexity index is 934. The number of fused-ring (bicyclic) bond motifs is 1. The SMILES string of the molecule is CC(SS)(C(=O)O)c1ncc(C(=O)O)n1C1CCc2c(F)cc(F)cc2C1. The molecule has 6 nitrogen and oxygen atoms in total. The van der Waals surface area contributed by atoms with Gasteiger partial charge >= 0.3 is 11.9 Å². The number of thiol groups is 1. The van der Waals surface area contributed by atoms with E-state index in [-0.39, 0.29) is 24.4 Å². The minimum absolute atomic E-state index is 0.0257. The summed E-state index contributed by atoms with van der Waals surface area (Å²) in [5, 5.41) is 19.1. The summed E-state index contributed by atoms with van der Waals surface area (Å²) in [4.78, 5) is 27.5. The smallest absolute Gasteiger partial charge is 0.354 e. The molecule has 2 N–H and O–H groups in total. The largest absolute Gasteiger partial charge is 0.480 e. The van der Waals surface area contributed by atoms with E-state index in [1.54, 1.807) is 0 Å². The van der Waals surface area contributed by atoms with E-state index in [4.69, 9.17) is 0 Å². The number of aromatic nitrogens is 2. The highest BCUT2D eigenvalue weighted by molar-refractivity contribution is 8.69. The maximum atomic E-state index is 14.0. The second-order valence-electron chi connectivity index (χ2n) is 6.49. The zero-order valence-corrected chi connectivity index (χ0v) is 15.9. The van der Waals surface area contributed by atoms with Crippen LogP contribution in [0.25, 0.3) is 0 Å². The normalized spacial score (nSPS) is 18.6. The van der Waals surface area contributed by atoms with Gasteiger partial charge in [-0.2, -0.15) is 0 Å². The minimum Gasteiger partial charge on any atom is -0.480 e. The number of benzene rings is 1. The Morgan fingerprint density at radius 3 is 2.67 bits per heavy atom. The lowest BCUT2D eigenvalue weighted by atomic mass is 9.87. The minimum atomic E-state index is -1.59. The number of aromatic carboxylic acids is 1. The van der Waals surface area contributed by atoms with E-state index in [9.17, 15) is 28.6 Å². The lowest BCUT2D eigenvalue weighted by molar-refractivity contribution is -0.139. The zero-order valence-electron chi connectivity index (χ0n) is 14.1. The summed E-state index contributed by atoms with van der Waals surface area (Å²) in [6.07, 6.45) is 1.91. The van der Waals surface area contributed by atoms with E-state index < -0.39 is 34.4 Å². The highest BCUT2D eigenvalue weighted by Gasteiger charge is 2.42. The zero-order chi connectivity index (χ0) is 19.9. The van der Waals surface area contributed by atoms with E-state index in [1.165, 1.54) is 17.6 Å². The summed E-state index contributed by atoms with van der Waals surface area (Å²) in [6, 6.07) is 1.55. The van der Waals surface area contributed by atoms with Gasteiger partial charge in [-0.15, -0.1) is 11.7 Å². The molecule has 3 rings (SSSR count). The first-order valence-electron chi connectivity index (χ1n) is 8.02. The van der Waals surface area contributed by atoms with Crippen molar-refractivity contribution in [2.75, 3.05) is 0 Å². The van der Waals surface area contributed by atoms with Crippen molar-refractivity contribution in [2.45, 2.75) is 37.0 Å². The van der Waals surface area contributed by atoms with Gasteiger partial charge in [0.05, 0.1) is 6.20 Å². The van der Waals surface area contributed by atoms with Crippen LogP contribution in [0, 0.1) is 11.6 Å². The summed E-state index contributed by atoms with van der Waals surface area (Å²) in [5.74, 6) is -3.80. The van der Waals surface area contributed by atoms with Crippen molar-refractivity contribution in [3.05, 3.63) is 52.6 Å². The molecule has 0 fully saturated rings. The van der Waals surface area contributed by atoms with Crippen LogP contribution in [0.2, 0.25) is 0 Å². The summed E-state index contributed by atoms with van der Waals surface area (Å²) >= 11 is 4.03. The van der Waals surface area contributed by atoms with Gasteiger partial charge in [0.25, 0.3) is 0 Å². The topological polar surface area (TPSA) is 92.4 Å². The Morgan fingerprint density at radius 1 is 1.37 bits per heavy atom. The monoisotopic (exact) mass is 414 g/mol. The predicted octanol–water partition coefficient (Wildman–Crippen LogP) is 3.47. The third kappa shape index (κ3) is 3.31. The molecule has 0 amide bonds. The molecule has 0 spiro atoms. The third-order valence-electron chi connectivity index (χ3n) is 4.83. The van der Waals surface area contributed by atoms with Gasteiger partial charge < -0.3 is 14.8 Å². The van der Waals surface area contributed by atoms with Crippen LogP contribution in [0.1, 0.15) is 46.8 Å². The molecule has 1 heterocycles. The highest BCUT2D eigenvalue weighted by atomic mass is 33.1. The number of halogens is 2. The summed E-state index contributed by atoms with van der Waals surface area (Å²) in [7, 11) is 0.726. The van der Waals surface area contributed by atoms with E-state index in [0.717, 1.165) is 23.1 Å². The maximum Gasteiger partial charge on any atom is 0.354 e. The Labute approximate surface area is 162 Å². The molecular formula is C17H16F2N2O4S2. The van der Waals surface area contributed by atoms with Crippen molar-refractivity contribution < 1.29 is 28.6 Å². The first-order valence-corrected chi connectivity index (χ1v) is 9.89. The third-order valence-corrected chi connectivity index (χ3v) is 6.65. The molecular weight excluding hydrogens is 398 g/mol. The lowest BCUT2D eigenvalue weighted by Gasteiger charge is -2.31. The molecule has 0 saturated heterocycles. The number of aliphatic carboxylic acids is 1. The van der Waals surface area contributed by atoms with Crippen LogP contribution in [0.15, 0.2) is 18.3 Å². The van der Waals surface area contributed by atoms with E-state index in [2.05, 4.69) is 16.6 Å². The fourth-order valence-electron chi connectivity index (χ4n) is 3.42. The average molecular weight is 414 g/mol. The van der Waals surface area contributed by atoms with Gasteiger partial charge in [0.2, 0.25) is 0 Å². The number of rotatable bonds is 5. The van der Waals surface area contributed by atoms with Gasteiger partial charge in [-0.25, -0.2) is 18.6 Å². The predicted molar refractivity (Wildman–Crippen MR) is 98.2 cm³/mol. The molecule has 144 valence electrons. The van der Waals surface area contributed by atoms with Crippen LogP contribution in [-0.4, -0.2) is 31.7 Å². The summed E-state index contributed by atoms with van der Waals surface area (Å²) in [5.41, 5.74) is 0.663. The van der Waals surface area contributed by atoms with Gasteiger partial charge in [0.1, 0.15) is 23.2 Å². The number of hydrogen-bond donors (Lipinski definition) is 3. The molecule has 0 bridgehead atoms. The van der Waals surface area contributed by atoms with Crippen LogP contribution < -0.4 is 0 Å². The number of carboxylic acid groups (broad SMARTS) is 2. The van der Waals surface area contributed by atoms with Gasteiger partial charge in [-0.1, -0.05) is 10.8 Å². The quantitative estimate of drug-likeness (QED) is 0.513. The van der Waals surface area contributed by atoms with Crippen LogP contribution in [0.3, 0.4) is 0 Å². The van der Waals surface area contributed by atoms with Crippen molar-refractivity contribution >= 4 is 34.4 Å². The second-order valence-corrected chi connectivity index (χ2v) is 8.04. The van der Waals surface area contributed by atoms with Gasteiger partial charge in [-0.05, 0) is 43.4 Å². The molecule has 2 unspecified atom stereocenters. The van der Waals surface area contributed by atoms with Crippen molar-refractivity contribution in [1.29, 1.82) is 0 Å². The second kappa shape index (κ2) is 7.16. The molecule has 0 aliphatic heterocycles. The van der Waals surface area contributed by atoms with Crippen molar-refractivity contribution in [2.24, 2.45) is 0 Å². The maximum absolute atomic E-state index is 14.0. The molecule has 0 radical (unpaired) electrons. The molecule has 0 saturated carbocycles. The van der Waals surface area contributed by atoms with Gasteiger partial charge in [0, 0.05) is 12.1 Å². The first-order chi connectivity index (χ1) is 12.7. The molecule has 1 aliphatic carbocycles. The van der Waals surface area contributed by atoms with E-state index >= 15 is 0 Å². The molecule has 1 aromatic carbocycles. The Kier molecular flexibility index (Phi) is 5.22. The Morgan fingerprint density at radius 2 is 2.07 bits per heavy atom. The van der Waals surface area contributed by atoms with E-state index in [0.29, 0.717) is 17.5 Å².